The second kappa shape index (κ2) is 13.4. The van der Waals surface area contributed by atoms with Gasteiger partial charge in [-0.1, -0.05) is 53.7 Å². The van der Waals surface area contributed by atoms with Crippen LogP contribution in [0.2, 0.25) is 0 Å². The highest BCUT2D eigenvalue weighted by Crippen LogP contribution is 2.31. The molecule has 0 fully saturated rings. The number of carbonyl (C=O) groups is 2. The van der Waals surface area contributed by atoms with Crippen molar-refractivity contribution >= 4 is 11.9 Å². The van der Waals surface area contributed by atoms with E-state index < -0.39 is 0 Å². The number of methoxy groups -OCH3 is 2. The normalized spacial score (nSPS) is 9.92. The van der Waals surface area contributed by atoms with E-state index in [0.717, 1.165) is 0 Å². The summed E-state index contributed by atoms with van der Waals surface area (Å²) in [4.78, 5) is 19.2. The third-order valence-corrected chi connectivity index (χ3v) is 4.00. The topological polar surface area (TPSA) is 52.6 Å². The fraction of sp³-hybridized carbons (Fsp3) is 0.636. The molecule has 0 bridgehead atoms. The van der Waals surface area contributed by atoms with Gasteiger partial charge in [0.2, 0.25) is 0 Å². The highest BCUT2D eigenvalue weighted by molar-refractivity contribution is 5.65. The Labute approximate surface area is 160 Å². The Bertz CT molecular complexity index is 514. The van der Waals surface area contributed by atoms with Crippen molar-refractivity contribution in [2.75, 3.05) is 14.2 Å². The van der Waals surface area contributed by atoms with Crippen LogP contribution < -0.4 is 0 Å². The number of hydrogen-bond donors (Lipinski definition) is 0. The van der Waals surface area contributed by atoms with Gasteiger partial charge < -0.3 is 9.47 Å². The Morgan fingerprint density at radius 3 is 1.15 bits per heavy atom. The standard InChI is InChI=1S/C16H26.2C3H6O2/c1-10(2)14-8-15(11(3)4)13(7)16(9-14)12(5)6;2*1-3(4)5-2/h8-12H,1-7H3;2*1-2H3. The predicted molar refractivity (Wildman–Crippen MR) is 109 cm³/mol. The third-order valence-electron chi connectivity index (χ3n) is 4.00. The molecule has 0 spiro atoms. The van der Waals surface area contributed by atoms with Gasteiger partial charge in [-0.2, -0.15) is 0 Å². The van der Waals surface area contributed by atoms with E-state index in [4.69, 9.17) is 0 Å². The lowest BCUT2D eigenvalue weighted by Crippen LogP contribution is -2.03. The van der Waals surface area contributed by atoms with E-state index in [2.05, 4.69) is 70.1 Å². The molecule has 150 valence electrons. The lowest BCUT2D eigenvalue weighted by atomic mass is 9.85. The number of rotatable bonds is 3. The van der Waals surface area contributed by atoms with Crippen LogP contribution in [0.3, 0.4) is 0 Å². The lowest BCUT2D eigenvalue weighted by Gasteiger charge is -2.20. The molecule has 0 radical (unpaired) electrons. The molecule has 1 aromatic rings. The zero-order chi connectivity index (χ0) is 21.0. The number of carbonyl (C=O) groups excluding carboxylic acids is 2. The summed E-state index contributed by atoms with van der Waals surface area (Å²) in [6, 6.07) is 4.80. The van der Waals surface area contributed by atoms with Crippen molar-refractivity contribution in [3.63, 3.8) is 0 Å². The van der Waals surface area contributed by atoms with Crippen molar-refractivity contribution in [1.29, 1.82) is 0 Å². The maximum absolute atomic E-state index is 9.59. The van der Waals surface area contributed by atoms with Gasteiger partial charge in [-0.05, 0) is 46.9 Å². The number of benzene rings is 1. The first-order valence-electron chi connectivity index (χ1n) is 9.12. The third kappa shape index (κ3) is 10.9. The van der Waals surface area contributed by atoms with E-state index >= 15 is 0 Å². The summed E-state index contributed by atoms with van der Waals surface area (Å²) < 4.78 is 8.22. The average molecular weight is 367 g/mol. The molecule has 0 saturated heterocycles. The molecular formula is C22H38O4. The summed E-state index contributed by atoms with van der Waals surface area (Å²) in [5.74, 6) is 1.37. The summed E-state index contributed by atoms with van der Waals surface area (Å²) in [5.41, 5.74) is 6.03. The van der Waals surface area contributed by atoms with Gasteiger partial charge in [-0.25, -0.2) is 0 Å². The highest BCUT2D eigenvalue weighted by Gasteiger charge is 2.13. The summed E-state index contributed by atoms with van der Waals surface area (Å²) in [6.07, 6.45) is 0. The Balaban J connectivity index is 0. The molecule has 0 atom stereocenters. The van der Waals surface area contributed by atoms with Crippen LogP contribution in [0.1, 0.15) is 95.4 Å². The largest absolute Gasteiger partial charge is 0.469 e. The minimum Gasteiger partial charge on any atom is -0.469 e. The first-order valence-corrected chi connectivity index (χ1v) is 9.12. The molecule has 0 heterocycles. The smallest absolute Gasteiger partial charge is 0.302 e. The first kappa shape index (κ1) is 26.4. The van der Waals surface area contributed by atoms with Gasteiger partial charge in [0.25, 0.3) is 0 Å². The van der Waals surface area contributed by atoms with Crippen molar-refractivity contribution < 1.29 is 19.1 Å². The van der Waals surface area contributed by atoms with Crippen LogP contribution >= 0.6 is 0 Å². The minimum atomic E-state index is -0.245. The van der Waals surface area contributed by atoms with Gasteiger partial charge in [0.15, 0.2) is 0 Å². The number of esters is 2. The molecule has 0 unspecified atom stereocenters. The number of ether oxygens (including phenoxy) is 2. The number of hydrogen-bond acceptors (Lipinski definition) is 4. The Kier molecular flexibility index (Phi) is 13.6. The van der Waals surface area contributed by atoms with Crippen LogP contribution in [0.5, 0.6) is 0 Å². The molecule has 0 saturated carbocycles. The predicted octanol–water partition coefficient (Wildman–Crippen LogP) is 5.72. The fourth-order valence-corrected chi connectivity index (χ4v) is 2.32. The van der Waals surface area contributed by atoms with E-state index in [9.17, 15) is 9.59 Å². The van der Waals surface area contributed by atoms with Crippen LogP contribution in [0.4, 0.5) is 0 Å². The molecule has 0 aliphatic carbocycles. The lowest BCUT2D eigenvalue weighted by molar-refractivity contribution is -0.138. The molecule has 4 heteroatoms. The zero-order valence-corrected chi connectivity index (χ0v) is 18.5. The van der Waals surface area contributed by atoms with Gasteiger partial charge in [-0.15, -0.1) is 0 Å². The maximum atomic E-state index is 9.59. The molecule has 0 aliphatic heterocycles. The summed E-state index contributed by atoms with van der Waals surface area (Å²) in [6.45, 7) is 18.7. The van der Waals surface area contributed by atoms with E-state index in [1.165, 1.54) is 50.3 Å². The molecule has 0 aromatic heterocycles. The Morgan fingerprint density at radius 1 is 0.731 bits per heavy atom. The zero-order valence-electron chi connectivity index (χ0n) is 18.5. The summed E-state index contributed by atoms with van der Waals surface area (Å²) in [7, 11) is 2.70. The molecule has 1 rings (SSSR count). The van der Waals surface area contributed by atoms with Crippen molar-refractivity contribution in [2.24, 2.45) is 0 Å². The molecular weight excluding hydrogens is 328 g/mol. The molecule has 0 amide bonds. The Morgan fingerprint density at radius 2 is 1.00 bits per heavy atom. The summed E-state index contributed by atoms with van der Waals surface area (Å²) >= 11 is 0. The second-order valence-electron chi connectivity index (χ2n) is 7.18. The second-order valence-corrected chi connectivity index (χ2v) is 7.18. The average Bonchev–Trinajstić information content (AvgIpc) is 2.55. The van der Waals surface area contributed by atoms with Crippen molar-refractivity contribution in [2.45, 2.75) is 80.1 Å². The SMILES string of the molecule is COC(C)=O.COC(C)=O.Cc1c(C(C)C)cc(C(C)C)cc1C(C)C. The van der Waals surface area contributed by atoms with Crippen molar-refractivity contribution in [1.82, 2.24) is 0 Å². The van der Waals surface area contributed by atoms with Gasteiger partial charge in [-0.3, -0.25) is 9.59 Å². The van der Waals surface area contributed by atoms with Crippen molar-refractivity contribution in [3.8, 4) is 0 Å². The van der Waals surface area contributed by atoms with E-state index in [-0.39, 0.29) is 11.9 Å². The first-order chi connectivity index (χ1) is 11.9. The minimum absolute atomic E-state index is 0.245. The van der Waals surface area contributed by atoms with E-state index in [1.807, 2.05) is 0 Å². The summed E-state index contributed by atoms with van der Waals surface area (Å²) in [5, 5.41) is 0. The van der Waals surface area contributed by atoms with Gasteiger partial charge in [0, 0.05) is 13.8 Å². The van der Waals surface area contributed by atoms with Crippen molar-refractivity contribution in [3.05, 3.63) is 34.4 Å². The van der Waals surface area contributed by atoms with Gasteiger partial charge in [0.05, 0.1) is 14.2 Å². The molecule has 0 N–H and O–H groups in total. The molecule has 0 aliphatic rings. The quantitative estimate of drug-likeness (QED) is 0.642. The van der Waals surface area contributed by atoms with E-state index in [0.29, 0.717) is 17.8 Å². The molecule has 4 nitrogen and oxygen atoms in total. The van der Waals surface area contributed by atoms with E-state index in [1.54, 1.807) is 0 Å². The van der Waals surface area contributed by atoms with Crippen LogP contribution in [0.25, 0.3) is 0 Å². The molecule has 26 heavy (non-hydrogen) atoms. The van der Waals surface area contributed by atoms with Gasteiger partial charge in [0.1, 0.15) is 0 Å². The van der Waals surface area contributed by atoms with Crippen LogP contribution in [0, 0.1) is 6.92 Å². The maximum Gasteiger partial charge on any atom is 0.302 e. The molecule has 1 aromatic carbocycles. The van der Waals surface area contributed by atoms with Crippen LogP contribution in [-0.4, -0.2) is 26.2 Å². The Hall–Kier alpha value is -1.84. The van der Waals surface area contributed by atoms with Crippen LogP contribution in [0.15, 0.2) is 12.1 Å². The van der Waals surface area contributed by atoms with Crippen LogP contribution in [-0.2, 0) is 19.1 Å². The van der Waals surface area contributed by atoms with Gasteiger partial charge >= 0.3 is 11.9 Å². The fourth-order valence-electron chi connectivity index (χ4n) is 2.32. The monoisotopic (exact) mass is 366 g/mol. The highest BCUT2D eigenvalue weighted by atomic mass is 16.5.